The maximum Gasteiger partial charge on any atom is 0.188 e. The van der Waals surface area contributed by atoms with Gasteiger partial charge >= 0.3 is 0 Å². The highest BCUT2D eigenvalue weighted by Gasteiger charge is 2.17. The average Bonchev–Trinajstić information content (AvgIpc) is 2.39. The number of ether oxygens (including phenoxy) is 1. The van der Waals surface area contributed by atoms with Crippen molar-refractivity contribution in [3.8, 4) is 0 Å². The van der Waals surface area contributed by atoms with E-state index in [9.17, 15) is 0 Å². The van der Waals surface area contributed by atoms with Gasteiger partial charge in [0, 0.05) is 12.0 Å². The highest BCUT2D eigenvalue weighted by atomic mass is 32.2. The van der Waals surface area contributed by atoms with E-state index in [1.54, 1.807) is 23.5 Å². The number of hydrogen-bond donors (Lipinski definition) is 0. The molecule has 5 heteroatoms. The van der Waals surface area contributed by atoms with Gasteiger partial charge in [-0.25, -0.2) is 9.97 Å². The van der Waals surface area contributed by atoms with Gasteiger partial charge in [0.2, 0.25) is 0 Å². The van der Waals surface area contributed by atoms with Crippen LogP contribution >= 0.6 is 23.5 Å². The van der Waals surface area contributed by atoms with Crippen LogP contribution in [0.5, 0.6) is 0 Å². The lowest BCUT2D eigenvalue weighted by molar-refractivity contribution is 0.106. The van der Waals surface area contributed by atoms with E-state index in [2.05, 4.69) is 9.97 Å². The first kappa shape index (κ1) is 13.8. The lowest BCUT2D eigenvalue weighted by Gasteiger charge is -2.17. The number of nitrogens with zero attached hydrogens (tertiary/aromatic N) is 2. The first-order chi connectivity index (χ1) is 7.85. The average molecular weight is 258 g/mol. The summed E-state index contributed by atoms with van der Waals surface area (Å²) in [4.78, 5) is 8.96. The minimum Gasteiger partial charge on any atom is -0.376 e. The maximum absolute atomic E-state index is 5.41. The molecule has 1 aliphatic heterocycles. The van der Waals surface area contributed by atoms with Gasteiger partial charge in [-0.3, -0.25) is 0 Å². The summed E-state index contributed by atoms with van der Waals surface area (Å²) in [5.41, 5.74) is 2.35. The first-order valence-corrected chi connectivity index (χ1v) is 7.85. The SMILES string of the molecule is CC.CSc1nc2c(c(SC)n1)COCC2. The van der Waals surface area contributed by atoms with Gasteiger partial charge in [0.25, 0.3) is 0 Å². The summed E-state index contributed by atoms with van der Waals surface area (Å²) in [6, 6.07) is 0. The Hall–Kier alpha value is -0.260. The fourth-order valence-electron chi connectivity index (χ4n) is 1.44. The van der Waals surface area contributed by atoms with Crippen LogP contribution in [0, 0.1) is 0 Å². The van der Waals surface area contributed by atoms with Gasteiger partial charge < -0.3 is 4.74 Å². The Morgan fingerprint density at radius 2 is 1.88 bits per heavy atom. The van der Waals surface area contributed by atoms with E-state index in [1.165, 1.54) is 11.3 Å². The summed E-state index contributed by atoms with van der Waals surface area (Å²) in [7, 11) is 0. The molecule has 0 amide bonds. The minimum absolute atomic E-state index is 0.667. The van der Waals surface area contributed by atoms with Crippen LogP contribution in [-0.2, 0) is 17.8 Å². The smallest absolute Gasteiger partial charge is 0.188 e. The van der Waals surface area contributed by atoms with Crippen molar-refractivity contribution < 1.29 is 4.74 Å². The molecule has 0 aromatic carbocycles. The molecule has 2 heterocycles. The van der Waals surface area contributed by atoms with E-state index in [-0.39, 0.29) is 0 Å². The zero-order valence-corrected chi connectivity index (χ0v) is 11.9. The Morgan fingerprint density at radius 1 is 1.12 bits per heavy atom. The van der Waals surface area contributed by atoms with Crippen LogP contribution in [0.25, 0.3) is 0 Å². The summed E-state index contributed by atoms with van der Waals surface area (Å²) in [5, 5.41) is 1.94. The molecule has 0 saturated heterocycles. The fraction of sp³-hybridized carbons (Fsp3) is 0.636. The molecule has 0 fully saturated rings. The standard InChI is InChI=1S/C9H12N2OS2.C2H6/c1-13-8-6-5-12-4-3-7(6)10-9(11-8)14-2;1-2/h3-5H2,1-2H3;1-2H3. The molecule has 3 nitrogen and oxygen atoms in total. The molecular weight excluding hydrogens is 240 g/mol. The van der Waals surface area contributed by atoms with Gasteiger partial charge in [0.05, 0.1) is 18.9 Å². The Morgan fingerprint density at radius 3 is 2.50 bits per heavy atom. The number of fused-ring (bicyclic) bond motifs is 1. The Labute approximate surface area is 106 Å². The molecule has 0 radical (unpaired) electrons. The third kappa shape index (κ3) is 3.12. The van der Waals surface area contributed by atoms with Crippen LogP contribution in [0.1, 0.15) is 25.1 Å². The van der Waals surface area contributed by atoms with Gasteiger partial charge in [-0.2, -0.15) is 0 Å². The summed E-state index contributed by atoms with van der Waals surface area (Å²) in [6.07, 6.45) is 4.96. The maximum atomic E-state index is 5.41. The van der Waals surface area contributed by atoms with Crippen molar-refractivity contribution in [3.05, 3.63) is 11.3 Å². The lowest BCUT2D eigenvalue weighted by atomic mass is 10.1. The second-order valence-corrected chi connectivity index (χ2v) is 4.52. The predicted molar refractivity (Wildman–Crippen MR) is 70.3 cm³/mol. The van der Waals surface area contributed by atoms with Crippen molar-refractivity contribution >= 4 is 23.5 Å². The number of rotatable bonds is 2. The van der Waals surface area contributed by atoms with Crippen molar-refractivity contribution in [1.29, 1.82) is 0 Å². The third-order valence-corrected chi connectivity index (χ3v) is 3.41. The number of hydrogen-bond acceptors (Lipinski definition) is 5. The topological polar surface area (TPSA) is 35.0 Å². The molecule has 1 aliphatic rings. The van der Waals surface area contributed by atoms with E-state index in [0.717, 1.165) is 23.2 Å². The molecular formula is C11H18N2OS2. The summed E-state index contributed by atoms with van der Waals surface area (Å²) in [6.45, 7) is 5.45. The molecule has 0 unspecified atom stereocenters. The van der Waals surface area contributed by atoms with Crippen molar-refractivity contribution in [2.45, 2.75) is 37.1 Å². The zero-order chi connectivity index (χ0) is 12.0. The van der Waals surface area contributed by atoms with Gasteiger partial charge in [-0.1, -0.05) is 25.6 Å². The first-order valence-electron chi connectivity index (χ1n) is 5.40. The quantitative estimate of drug-likeness (QED) is 0.463. The third-order valence-electron chi connectivity index (χ3n) is 2.14. The fourth-order valence-corrected chi connectivity index (χ4v) is 2.48. The molecule has 0 aliphatic carbocycles. The number of thioether (sulfide) groups is 2. The summed E-state index contributed by atoms with van der Waals surface area (Å²) in [5.74, 6) is 0. The van der Waals surface area contributed by atoms with Crippen LogP contribution in [0.2, 0.25) is 0 Å². The molecule has 2 rings (SSSR count). The van der Waals surface area contributed by atoms with E-state index in [0.29, 0.717) is 6.61 Å². The number of aromatic nitrogens is 2. The van der Waals surface area contributed by atoms with Crippen LogP contribution in [0.15, 0.2) is 10.2 Å². The normalized spacial score (nSPS) is 13.8. The van der Waals surface area contributed by atoms with Crippen molar-refractivity contribution in [1.82, 2.24) is 9.97 Å². The Kier molecular flexibility index (Phi) is 6.16. The largest absolute Gasteiger partial charge is 0.376 e. The Balaban J connectivity index is 0.000000606. The summed E-state index contributed by atoms with van der Waals surface area (Å²) >= 11 is 3.26. The van der Waals surface area contributed by atoms with E-state index < -0.39 is 0 Å². The van der Waals surface area contributed by atoms with Crippen LogP contribution < -0.4 is 0 Å². The molecule has 0 saturated carbocycles. The van der Waals surface area contributed by atoms with Crippen LogP contribution in [0.4, 0.5) is 0 Å². The highest BCUT2D eigenvalue weighted by molar-refractivity contribution is 7.99. The van der Waals surface area contributed by atoms with E-state index >= 15 is 0 Å². The zero-order valence-electron chi connectivity index (χ0n) is 10.2. The van der Waals surface area contributed by atoms with Crippen molar-refractivity contribution in [3.63, 3.8) is 0 Å². The molecule has 1 aromatic rings. The predicted octanol–water partition coefficient (Wildman–Crippen LogP) is 3.02. The summed E-state index contributed by atoms with van der Waals surface area (Å²) < 4.78 is 5.41. The molecule has 16 heavy (non-hydrogen) atoms. The molecule has 0 spiro atoms. The van der Waals surface area contributed by atoms with E-state index in [4.69, 9.17) is 4.74 Å². The lowest BCUT2D eigenvalue weighted by Crippen LogP contribution is -2.14. The second-order valence-electron chi connectivity index (χ2n) is 2.95. The van der Waals surface area contributed by atoms with Gasteiger partial charge in [-0.05, 0) is 12.5 Å². The van der Waals surface area contributed by atoms with Gasteiger partial charge in [0.1, 0.15) is 5.03 Å². The monoisotopic (exact) mass is 258 g/mol. The van der Waals surface area contributed by atoms with Crippen LogP contribution in [-0.4, -0.2) is 29.1 Å². The molecule has 0 N–H and O–H groups in total. The van der Waals surface area contributed by atoms with Crippen molar-refractivity contribution in [2.75, 3.05) is 19.1 Å². The van der Waals surface area contributed by atoms with Gasteiger partial charge in [-0.15, -0.1) is 11.8 Å². The van der Waals surface area contributed by atoms with Crippen LogP contribution in [0.3, 0.4) is 0 Å². The molecule has 90 valence electrons. The van der Waals surface area contributed by atoms with Crippen molar-refractivity contribution in [2.24, 2.45) is 0 Å². The molecule has 1 aromatic heterocycles. The second kappa shape index (κ2) is 7.14. The minimum atomic E-state index is 0.667. The van der Waals surface area contributed by atoms with E-state index in [1.807, 2.05) is 26.4 Å². The van der Waals surface area contributed by atoms with Gasteiger partial charge in [0.15, 0.2) is 5.16 Å². The molecule has 0 bridgehead atoms. The molecule has 0 atom stereocenters. The highest BCUT2D eigenvalue weighted by Crippen LogP contribution is 2.26. The Bertz CT molecular complexity index is 328.